The summed E-state index contributed by atoms with van der Waals surface area (Å²) in [5.41, 5.74) is 0. The highest BCUT2D eigenvalue weighted by molar-refractivity contribution is 7.09. The number of aliphatic hydroxyl groups excluding tert-OH is 1. The molecule has 6 heteroatoms. The maximum Gasteiger partial charge on any atom is 0.202 e. The first kappa shape index (κ1) is 13.3. The average Bonchev–Trinajstić information content (AvgIpc) is 2.67. The molecule has 1 aromatic rings. The van der Waals surface area contributed by atoms with Gasteiger partial charge in [-0.05, 0) is 6.42 Å². The summed E-state index contributed by atoms with van der Waals surface area (Å²) in [5.74, 6) is 1.19. The van der Waals surface area contributed by atoms with Crippen molar-refractivity contribution in [3.63, 3.8) is 0 Å². The van der Waals surface area contributed by atoms with Crippen molar-refractivity contribution >= 4 is 16.7 Å². The third-order valence-corrected chi connectivity index (χ3v) is 2.79. The lowest BCUT2D eigenvalue weighted by Crippen LogP contribution is -2.26. The van der Waals surface area contributed by atoms with Crippen LogP contribution in [0.4, 0.5) is 5.13 Å². The van der Waals surface area contributed by atoms with Gasteiger partial charge in [0.25, 0.3) is 0 Å². The molecule has 0 saturated carbocycles. The number of aromatic nitrogens is 2. The molecule has 1 rings (SSSR count). The van der Waals surface area contributed by atoms with Crippen molar-refractivity contribution in [3.05, 3.63) is 5.82 Å². The zero-order valence-electron chi connectivity index (χ0n) is 9.93. The number of ether oxygens (including phenoxy) is 1. The van der Waals surface area contributed by atoms with Crippen LogP contribution in [-0.2, 0) is 4.74 Å². The van der Waals surface area contributed by atoms with Crippen LogP contribution in [0.15, 0.2) is 0 Å². The number of methoxy groups -OCH3 is 1. The van der Waals surface area contributed by atoms with E-state index in [1.165, 1.54) is 11.5 Å². The van der Waals surface area contributed by atoms with E-state index in [1.54, 1.807) is 7.11 Å². The van der Waals surface area contributed by atoms with E-state index in [4.69, 9.17) is 9.84 Å². The predicted octanol–water partition coefficient (Wildman–Crippen LogP) is 1.47. The van der Waals surface area contributed by atoms with Gasteiger partial charge in [0, 0.05) is 31.2 Å². The molecule has 0 saturated heterocycles. The van der Waals surface area contributed by atoms with Gasteiger partial charge in [-0.1, -0.05) is 13.8 Å². The number of nitrogens with zero attached hydrogens (tertiary/aromatic N) is 2. The molecule has 0 spiro atoms. The zero-order valence-corrected chi connectivity index (χ0v) is 10.8. The molecule has 0 amide bonds. The molecule has 0 aliphatic heterocycles. The first-order chi connectivity index (χ1) is 7.67. The minimum Gasteiger partial charge on any atom is -0.396 e. The van der Waals surface area contributed by atoms with Crippen molar-refractivity contribution in [2.75, 3.05) is 25.6 Å². The topological polar surface area (TPSA) is 67.3 Å². The molecular weight excluding hydrogens is 226 g/mol. The SMILES string of the molecule is COCC(CCO)Nc1nc(C(C)C)ns1. The molecule has 0 bridgehead atoms. The molecule has 2 N–H and O–H groups in total. The molecule has 16 heavy (non-hydrogen) atoms. The van der Waals surface area contributed by atoms with E-state index in [2.05, 4.69) is 28.5 Å². The Morgan fingerprint density at radius 1 is 1.50 bits per heavy atom. The molecule has 1 aromatic heterocycles. The van der Waals surface area contributed by atoms with Gasteiger partial charge in [-0.15, -0.1) is 0 Å². The van der Waals surface area contributed by atoms with Crippen LogP contribution >= 0.6 is 11.5 Å². The highest BCUT2D eigenvalue weighted by Gasteiger charge is 2.12. The summed E-state index contributed by atoms with van der Waals surface area (Å²) < 4.78 is 9.32. The number of anilines is 1. The molecule has 1 unspecified atom stereocenters. The summed E-state index contributed by atoms with van der Waals surface area (Å²) in [7, 11) is 1.64. The monoisotopic (exact) mass is 245 g/mol. The summed E-state index contributed by atoms with van der Waals surface area (Å²) in [6, 6.07) is 0.0861. The standard InChI is InChI=1S/C10H19N3O2S/c1-7(2)9-12-10(16-13-9)11-8(4-5-14)6-15-3/h7-8,14H,4-6H2,1-3H3,(H,11,12,13). The fourth-order valence-corrected chi connectivity index (χ4v) is 2.04. The van der Waals surface area contributed by atoms with E-state index in [0.717, 1.165) is 11.0 Å². The Bertz CT molecular complexity index is 298. The highest BCUT2D eigenvalue weighted by Crippen LogP contribution is 2.18. The van der Waals surface area contributed by atoms with E-state index >= 15 is 0 Å². The smallest absolute Gasteiger partial charge is 0.202 e. The van der Waals surface area contributed by atoms with Crippen LogP contribution in [0.5, 0.6) is 0 Å². The second kappa shape index (κ2) is 6.78. The quantitative estimate of drug-likeness (QED) is 0.761. The maximum atomic E-state index is 8.91. The summed E-state index contributed by atoms with van der Waals surface area (Å²) >= 11 is 1.35. The Morgan fingerprint density at radius 2 is 2.25 bits per heavy atom. The van der Waals surface area contributed by atoms with Crippen LogP contribution in [0, 0.1) is 0 Å². The van der Waals surface area contributed by atoms with Crippen LogP contribution < -0.4 is 5.32 Å². The van der Waals surface area contributed by atoms with Gasteiger partial charge < -0.3 is 15.2 Å². The van der Waals surface area contributed by atoms with Crippen molar-refractivity contribution in [2.45, 2.75) is 32.2 Å². The van der Waals surface area contributed by atoms with E-state index < -0.39 is 0 Å². The van der Waals surface area contributed by atoms with Gasteiger partial charge in [0.2, 0.25) is 5.13 Å². The molecule has 0 aliphatic carbocycles. The molecule has 1 atom stereocenters. The molecule has 0 fully saturated rings. The Balaban J connectivity index is 2.55. The molecule has 0 radical (unpaired) electrons. The Labute approximate surface area is 100 Å². The van der Waals surface area contributed by atoms with Gasteiger partial charge >= 0.3 is 0 Å². The van der Waals surface area contributed by atoms with E-state index in [-0.39, 0.29) is 12.6 Å². The normalized spacial score (nSPS) is 13.1. The van der Waals surface area contributed by atoms with Gasteiger partial charge in [-0.3, -0.25) is 0 Å². The fraction of sp³-hybridized carbons (Fsp3) is 0.800. The van der Waals surface area contributed by atoms with E-state index in [0.29, 0.717) is 18.9 Å². The van der Waals surface area contributed by atoms with Crippen LogP contribution in [0.1, 0.15) is 32.0 Å². The van der Waals surface area contributed by atoms with E-state index in [9.17, 15) is 0 Å². The van der Waals surface area contributed by atoms with Crippen molar-refractivity contribution in [1.29, 1.82) is 0 Å². The van der Waals surface area contributed by atoms with Crippen LogP contribution in [0.25, 0.3) is 0 Å². The van der Waals surface area contributed by atoms with Gasteiger partial charge in [0.15, 0.2) is 0 Å². The van der Waals surface area contributed by atoms with Crippen molar-refractivity contribution < 1.29 is 9.84 Å². The van der Waals surface area contributed by atoms with Crippen LogP contribution in [-0.4, -0.2) is 40.8 Å². The summed E-state index contributed by atoms with van der Waals surface area (Å²) in [4.78, 5) is 4.37. The largest absolute Gasteiger partial charge is 0.396 e. The molecule has 92 valence electrons. The van der Waals surface area contributed by atoms with Crippen LogP contribution in [0.2, 0.25) is 0 Å². The third kappa shape index (κ3) is 4.03. The van der Waals surface area contributed by atoms with Crippen molar-refractivity contribution in [3.8, 4) is 0 Å². The molecule has 5 nitrogen and oxygen atoms in total. The maximum absolute atomic E-state index is 8.91. The molecule has 1 heterocycles. The van der Waals surface area contributed by atoms with Crippen LogP contribution in [0.3, 0.4) is 0 Å². The van der Waals surface area contributed by atoms with Crippen molar-refractivity contribution in [2.24, 2.45) is 0 Å². The Morgan fingerprint density at radius 3 is 2.75 bits per heavy atom. The Kier molecular flexibility index (Phi) is 5.65. The number of hydrogen-bond donors (Lipinski definition) is 2. The number of aliphatic hydroxyl groups is 1. The van der Waals surface area contributed by atoms with Gasteiger partial charge in [-0.2, -0.15) is 4.37 Å². The average molecular weight is 245 g/mol. The predicted molar refractivity (Wildman–Crippen MR) is 65.0 cm³/mol. The van der Waals surface area contributed by atoms with Gasteiger partial charge in [0.05, 0.1) is 12.6 Å². The number of nitrogens with one attached hydrogen (secondary N) is 1. The fourth-order valence-electron chi connectivity index (χ4n) is 1.26. The second-order valence-corrected chi connectivity index (χ2v) is 4.67. The van der Waals surface area contributed by atoms with Gasteiger partial charge in [-0.25, -0.2) is 4.98 Å². The molecular formula is C10H19N3O2S. The molecule has 0 aliphatic rings. The lowest BCUT2D eigenvalue weighted by Gasteiger charge is -2.15. The zero-order chi connectivity index (χ0) is 12.0. The van der Waals surface area contributed by atoms with E-state index in [1.807, 2.05) is 0 Å². The van der Waals surface area contributed by atoms with Gasteiger partial charge in [0.1, 0.15) is 5.82 Å². The lowest BCUT2D eigenvalue weighted by atomic mass is 10.2. The first-order valence-corrected chi connectivity index (χ1v) is 6.14. The highest BCUT2D eigenvalue weighted by atomic mass is 32.1. The second-order valence-electron chi connectivity index (χ2n) is 3.92. The molecule has 0 aromatic carbocycles. The third-order valence-electron chi connectivity index (χ3n) is 2.13. The summed E-state index contributed by atoms with van der Waals surface area (Å²) in [6.45, 7) is 4.81. The minimum absolute atomic E-state index is 0.0861. The number of hydrogen-bond acceptors (Lipinski definition) is 6. The summed E-state index contributed by atoms with van der Waals surface area (Å²) in [5, 5.41) is 12.9. The minimum atomic E-state index is 0.0861. The lowest BCUT2D eigenvalue weighted by molar-refractivity contribution is 0.170. The van der Waals surface area contributed by atoms with Crippen molar-refractivity contribution in [1.82, 2.24) is 9.36 Å². The first-order valence-electron chi connectivity index (χ1n) is 5.37. The Hall–Kier alpha value is -0.720. The number of rotatable bonds is 7. The summed E-state index contributed by atoms with van der Waals surface area (Å²) in [6.07, 6.45) is 0.643.